The second-order valence-electron chi connectivity index (χ2n) is 4.67. The Morgan fingerprint density at radius 1 is 1.40 bits per heavy atom. The summed E-state index contributed by atoms with van der Waals surface area (Å²) in [7, 11) is 1.77. The van der Waals surface area contributed by atoms with Crippen molar-refractivity contribution in [2.45, 2.75) is 25.5 Å². The molecule has 20 heavy (non-hydrogen) atoms. The van der Waals surface area contributed by atoms with E-state index in [1.54, 1.807) is 24.1 Å². The summed E-state index contributed by atoms with van der Waals surface area (Å²) in [5.74, 6) is 1.97. The minimum absolute atomic E-state index is 0.0125. The third kappa shape index (κ3) is 3.85. The first-order valence-electron chi connectivity index (χ1n) is 6.47. The van der Waals surface area contributed by atoms with E-state index < -0.39 is 6.61 Å². The van der Waals surface area contributed by atoms with Crippen molar-refractivity contribution in [2.24, 2.45) is 0 Å². The van der Waals surface area contributed by atoms with E-state index in [0.29, 0.717) is 5.56 Å². The zero-order chi connectivity index (χ0) is 14.5. The minimum Gasteiger partial charge on any atom is -0.435 e. The topological polar surface area (TPSA) is 29.5 Å². The maximum absolute atomic E-state index is 12.4. The van der Waals surface area contributed by atoms with Crippen LogP contribution in [0.3, 0.4) is 0 Å². The number of amides is 1. The van der Waals surface area contributed by atoms with Gasteiger partial charge in [0, 0.05) is 18.7 Å². The Morgan fingerprint density at radius 2 is 2.10 bits per heavy atom. The van der Waals surface area contributed by atoms with Crippen molar-refractivity contribution < 1.29 is 18.3 Å². The lowest BCUT2D eigenvalue weighted by atomic mass is 10.1. The van der Waals surface area contributed by atoms with Crippen LogP contribution in [0.15, 0.2) is 24.3 Å². The summed E-state index contributed by atoms with van der Waals surface area (Å²) in [5.41, 5.74) is 0.379. The molecular weight excluding hydrogens is 284 g/mol. The van der Waals surface area contributed by atoms with Gasteiger partial charge in [0.2, 0.25) is 0 Å². The normalized spacial score (nSPS) is 16.2. The van der Waals surface area contributed by atoms with E-state index in [2.05, 4.69) is 4.74 Å². The van der Waals surface area contributed by atoms with Crippen molar-refractivity contribution in [2.75, 3.05) is 18.6 Å². The molecule has 1 aromatic rings. The minimum atomic E-state index is -2.88. The smallest absolute Gasteiger partial charge is 0.387 e. The van der Waals surface area contributed by atoms with Crippen LogP contribution < -0.4 is 4.74 Å². The quantitative estimate of drug-likeness (QED) is 0.855. The SMILES string of the molecule is CN(C(=O)c1cccc(OC(F)F)c1)C1CCSCC1. The molecule has 1 fully saturated rings. The molecule has 2 rings (SSSR count). The standard InChI is InChI=1S/C14H17F2NO2S/c1-17(11-5-7-20-8-6-11)13(18)10-3-2-4-12(9-10)19-14(15)16/h2-4,9,11,14H,5-8H2,1H3. The Balaban J connectivity index is 2.07. The number of alkyl halides is 2. The predicted octanol–water partition coefficient (Wildman–Crippen LogP) is 3.26. The van der Waals surface area contributed by atoms with Crippen molar-refractivity contribution in [3.05, 3.63) is 29.8 Å². The fraction of sp³-hybridized carbons (Fsp3) is 0.500. The molecule has 0 radical (unpaired) electrons. The van der Waals surface area contributed by atoms with Gasteiger partial charge in [0.15, 0.2) is 0 Å². The Kier molecular flexibility index (Phi) is 5.23. The number of rotatable bonds is 4. The lowest BCUT2D eigenvalue weighted by molar-refractivity contribution is -0.0499. The van der Waals surface area contributed by atoms with Gasteiger partial charge in [0.05, 0.1) is 0 Å². The van der Waals surface area contributed by atoms with Crippen LogP contribution in [-0.2, 0) is 0 Å². The highest BCUT2D eigenvalue weighted by Gasteiger charge is 2.23. The molecule has 6 heteroatoms. The monoisotopic (exact) mass is 301 g/mol. The zero-order valence-electron chi connectivity index (χ0n) is 11.2. The lowest BCUT2D eigenvalue weighted by Gasteiger charge is -2.31. The van der Waals surface area contributed by atoms with E-state index in [9.17, 15) is 13.6 Å². The molecule has 0 saturated carbocycles. The number of ether oxygens (including phenoxy) is 1. The van der Waals surface area contributed by atoms with Crippen LogP contribution >= 0.6 is 11.8 Å². The second-order valence-corrected chi connectivity index (χ2v) is 5.89. The van der Waals surface area contributed by atoms with Gasteiger partial charge >= 0.3 is 6.61 Å². The summed E-state index contributed by atoms with van der Waals surface area (Å²) < 4.78 is 28.7. The molecule has 1 aliphatic heterocycles. The number of nitrogens with zero attached hydrogens (tertiary/aromatic N) is 1. The second kappa shape index (κ2) is 6.92. The molecule has 0 bridgehead atoms. The average Bonchev–Trinajstić information content (AvgIpc) is 2.46. The van der Waals surface area contributed by atoms with Gasteiger partial charge in [-0.15, -0.1) is 0 Å². The predicted molar refractivity (Wildman–Crippen MR) is 75.5 cm³/mol. The zero-order valence-corrected chi connectivity index (χ0v) is 12.0. The summed E-state index contributed by atoms with van der Waals surface area (Å²) in [6.07, 6.45) is 1.94. The lowest BCUT2D eigenvalue weighted by Crippen LogP contribution is -2.39. The molecule has 110 valence electrons. The summed E-state index contributed by atoms with van der Waals surface area (Å²) in [6, 6.07) is 6.18. The van der Waals surface area contributed by atoms with E-state index in [1.807, 2.05) is 11.8 Å². The summed E-state index contributed by atoms with van der Waals surface area (Å²) >= 11 is 1.89. The van der Waals surface area contributed by atoms with Crippen molar-refractivity contribution >= 4 is 17.7 Å². The molecule has 0 aliphatic carbocycles. The third-order valence-corrected chi connectivity index (χ3v) is 4.41. The van der Waals surface area contributed by atoms with Crippen LogP contribution in [0.4, 0.5) is 8.78 Å². The van der Waals surface area contributed by atoms with E-state index in [-0.39, 0.29) is 17.7 Å². The fourth-order valence-electron chi connectivity index (χ4n) is 2.25. The molecule has 0 unspecified atom stereocenters. The number of halogens is 2. The molecule has 1 heterocycles. The Morgan fingerprint density at radius 3 is 2.75 bits per heavy atom. The molecule has 0 atom stereocenters. The van der Waals surface area contributed by atoms with Crippen LogP contribution in [0.2, 0.25) is 0 Å². The molecule has 1 saturated heterocycles. The van der Waals surface area contributed by atoms with E-state index in [1.165, 1.54) is 12.1 Å². The van der Waals surface area contributed by atoms with Gasteiger partial charge < -0.3 is 9.64 Å². The van der Waals surface area contributed by atoms with Crippen LogP contribution in [0.5, 0.6) is 5.75 Å². The number of carbonyl (C=O) groups excluding carboxylic acids is 1. The van der Waals surface area contributed by atoms with Crippen LogP contribution in [-0.4, -0.2) is 42.0 Å². The van der Waals surface area contributed by atoms with Gasteiger partial charge in [-0.05, 0) is 42.5 Å². The van der Waals surface area contributed by atoms with Crippen molar-refractivity contribution in [1.29, 1.82) is 0 Å². The summed E-state index contributed by atoms with van der Waals surface area (Å²) in [4.78, 5) is 14.1. The average molecular weight is 301 g/mol. The molecule has 0 N–H and O–H groups in total. The highest BCUT2D eigenvalue weighted by Crippen LogP contribution is 2.23. The van der Waals surface area contributed by atoms with Gasteiger partial charge in [-0.3, -0.25) is 4.79 Å². The number of thioether (sulfide) groups is 1. The molecular formula is C14H17F2NO2S. The highest BCUT2D eigenvalue weighted by molar-refractivity contribution is 7.99. The molecule has 1 amide bonds. The van der Waals surface area contributed by atoms with Crippen molar-refractivity contribution in [3.63, 3.8) is 0 Å². The third-order valence-electron chi connectivity index (χ3n) is 3.37. The Labute approximate surface area is 121 Å². The van der Waals surface area contributed by atoms with Crippen molar-refractivity contribution in [1.82, 2.24) is 4.90 Å². The van der Waals surface area contributed by atoms with E-state index in [4.69, 9.17) is 0 Å². The maximum Gasteiger partial charge on any atom is 0.387 e. The van der Waals surface area contributed by atoms with E-state index in [0.717, 1.165) is 24.3 Å². The molecule has 0 aromatic heterocycles. The highest BCUT2D eigenvalue weighted by atomic mass is 32.2. The van der Waals surface area contributed by atoms with Gasteiger partial charge in [-0.1, -0.05) is 6.07 Å². The Bertz CT molecular complexity index is 464. The number of carbonyl (C=O) groups is 1. The first-order valence-corrected chi connectivity index (χ1v) is 7.63. The van der Waals surface area contributed by atoms with Crippen LogP contribution in [0, 0.1) is 0 Å². The van der Waals surface area contributed by atoms with E-state index >= 15 is 0 Å². The fourth-order valence-corrected chi connectivity index (χ4v) is 3.33. The van der Waals surface area contributed by atoms with Crippen molar-refractivity contribution in [3.8, 4) is 5.75 Å². The summed E-state index contributed by atoms with van der Waals surface area (Å²) in [6.45, 7) is -2.88. The number of hydrogen-bond acceptors (Lipinski definition) is 3. The largest absolute Gasteiger partial charge is 0.435 e. The molecule has 1 aromatic carbocycles. The van der Waals surface area contributed by atoms with Gasteiger partial charge in [0.1, 0.15) is 5.75 Å². The van der Waals surface area contributed by atoms with Gasteiger partial charge in [-0.25, -0.2) is 0 Å². The number of hydrogen-bond donors (Lipinski definition) is 0. The molecule has 3 nitrogen and oxygen atoms in total. The summed E-state index contributed by atoms with van der Waals surface area (Å²) in [5, 5.41) is 0. The van der Waals surface area contributed by atoms with Gasteiger partial charge in [-0.2, -0.15) is 20.5 Å². The van der Waals surface area contributed by atoms with Gasteiger partial charge in [0.25, 0.3) is 5.91 Å². The first-order chi connectivity index (χ1) is 9.58. The molecule has 0 spiro atoms. The first kappa shape index (κ1) is 15.1. The molecule has 1 aliphatic rings. The number of benzene rings is 1. The Hall–Kier alpha value is -1.30. The van der Waals surface area contributed by atoms with Crippen LogP contribution in [0.25, 0.3) is 0 Å². The van der Waals surface area contributed by atoms with Crippen LogP contribution in [0.1, 0.15) is 23.2 Å². The maximum atomic E-state index is 12.4.